The first-order chi connectivity index (χ1) is 17.0. The van der Waals surface area contributed by atoms with Gasteiger partial charge in [-0.15, -0.1) is 0 Å². The maximum absolute atomic E-state index is 14.3. The van der Waals surface area contributed by atoms with Crippen LogP contribution >= 0.6 is 12.2 Å². The van der Waals surface area contributed by atoms with Gasteiger partial charge in [-0.3, -0.25) is 19.8 Å². The van der Waals surface area contributed by atoms with E-state index in [1.54, 1.807) is 24.3 Å². The number of hydrogen-bond acceptors (Lipinski definition) is 3. The number of aromatic nitrogens is 1. The molecule has 0 radical (unpaired) electrons. The highest BCUT2D eigenvalue weighted by atomic mass is 32.1. The number of anilines is 1. The molecule has 1 aliphatic heterocycles. The van der Waals surface area contributed by atoms with Crippen LogP contribution in [0.25, 0.3) is 17.0 Å². The molecule has 3 aromatic carbocycles. The van der Waals surface area contributed by atoms with Crippen LogP contribution in [-0.4, -0.2) is 21.5 Å². The zero-order chi connectivity index (χ0) is 24.5. The molecule has 35 heavy (non-hydrogen) atoms. The van der Waals surface area contributed by atoms with Gasteiger partial charge >= 0.3 is 0 Å². The summed E-state index contributed by atoms with van der Waals surface area (Å²) in [4.78, 5) is 27.6. The summed E-state index contributed by atoms with van der Waals surface area (Å²) in [6.45, 7) is 2.37. The molecule has 1 aromatic heterocycles. The highest BCUT2D eigenvalue weighted by Gasteiger charge is 2.34. The van der Waals surface area contributed by atoms with E-state index in [4.69, 9.17) is 12.2 Å². The van der Waals surface area contributed by atoms with Gasteiger partial charge < -0.3 is 4.57 Å². The van der Waals surface area contributed by atoms with Gasteiger partial charge in [0.1, 0.15) is 11.4 Å². The highest BCUT2D eigenvalue weighted by Crippen LogP contribution is 2.27. The van der Waals surface area contributed by atoms with Crippen LogP contribution in [0, 0.1) is 5.82 Å². The van der Waals surface area contributed by atoms with E-state index < -0.39 is 11.8 Å². The van der Waals surface area contributed by atoms with Gasteiger partial charge in [0.05, 0.1) is 12.2 Å². The van der Waals surface area contributed by atoms with Crippen molar-refractivity contribution >= 4 is 51.8 Å². The van der Waals surface area contributed by atoms with Gasteiger partial charge in [0.25, 0.3) is 11.8 Å². The average Bonchev–Trinajstić information content (AvgIpc) is 3.20. The summed E-state index contributed by atoms with van der Waals surface area (Å²) in [6.07, 6.45) is 4.28. The summed E-state index contributed by atoms with van der Waals surface area (Å²) in [5.74, 6) is -1.33. The van der Waals surface area contributed by atoms with E-state index in [0.29, 0.717) is 23.4 Å². The molecule has 2 amide bonds. The normalized spacial score (nSPS) is 15.2. The fraction of sp³-hybridized carbons (Fsp3) is 0.107. The SMILES string of the molecule is CCc1ccc(N2C(=O)C(=Cc3cn(Cc4ccccc4F)c4ccccc34)C(=O)NC2=S)cc1. The van der Waals surface area contributed by atoms with Crippen LogP contribution in [0.4, 0.5) is 10.1 Å². The monoisotopic (exact) mass is 483 g/mol. The maximum atomic E-state index is 14.3. The summed E-state index contributed by atoms with van der Waals surface area (Å²) in [6, 6.07) is 21.7. The number of hydrogen-bond donors (Lipinski definition) is 1. The van der Waals surface area contributed by atoms with Gasteiger partial charge in [-0.1, -0.05) is 55.5 Å². The van der Waals surface area contributed by atoms with Gasteiger partial charge in [-0.05, 0) is 54.5 Å². The lowest BCUT2D eigenvalue weighted by Gasteiger charge is -2.29. The third-order valence-electron chi connectivity index (χ3n) is 6.12. The van der Waals surface area contributed by atoms with E-state index in [0.717, 1.165) is 22.9 Å². The Hall–Kier alpha value is -4.10. The molecule has 7 heteroatoms. The molecular weight excluding hydrogens is 461 g/mol. The number of halogens is 1. The smallest absolute Gasteiger partial charge is 0.270 e. The van der Waals surface area contributed by atoms with Crippen LogP contribution in [0.5, 0.6) is 0 Å². The van der Waals surface area contributed by atoms with Crippen LogP contribution in [0.1, 0.15) is 23.6 Å². The minimum Gasteiger partial charge on any atom is -0.342 e. The van der Waals surface area contributed by atoms with Crippen molar-refractivity contribution in [1.29, 1.82) is 0 Å². The fourth-order valence-corrected chi connectivity index (χ4v) is 4.54. The van der Waals surface area contributed by atoms with Crippen molar-refractivity contribution in [2.45, 2.75) is 19.9 Å². The largest absolute Gasteiger partial charge is 0.342 e. The number of nitrogens with zero attached hydrogens (tertiary/aromatic N) is 2. The molecule has 1 fully saturated rings. The minimum absolute atomic E-state index is 0.0213. The van der Waals surface area contributed by atoms with Crippen LogP contribution in [0.2, 0.25) is 0 Å². The molecular formula is C28H22FN3O2S. The van der Waals surface area contributed by atoms with Crippen molar-refractivity contribution in [2.24, 2.45) is 0 Å². The molecule has 0 aliphatic carbocycles. The summed E-state index contributed by atoms with van der Waals surface area (Å²) >= 11 is 5.31. The lowest BCUT2D eigenvalue weighted by molar-refractivity contribution is -0.122. The molecule has 5 rings (SSSR count). The van der Waals surface area contributed by atoms with Gasteiger partial charge in [-0.25, -0.2) is 4.39 Å². The molecule has 174 valence electrons. The quantitative estimate of drug-likeness (QED) is 0.241. The third kappa shape index (κ3) is 4.26. The second-order valence-corrected chi connectivity index (χ2v) is 8.69. The van der Waals surface area contributed by atoms with Gasteiger partial charge in [0.15, 0.2) is 5.11 Å². The van der Waals surface area contributed by atoms with Crippen LogP contribution in [0.15, 0.2) is 84.6 Å². The van der Waals surface area contributed by atoms with Gasteiger partial charge in [-0.2, -0.15) is 0 Å². The number of rotatable bonds is 5. The van der Waals surface area contributed by atoms with E-state index >= 15 is 0 Å². The van der Waals surface area contributed by atoms with Crippen molar-refractivity contribution in [3.05, 3.63) is 107 Å². The van der Waals surface area contributed by atoms with Crippen molar-refractivity contribution < 1.29 is 14.0 Å². The average molecular weight is 484 g/mol. The summed E-state index contributed by atoms with van der Waals surface area (Å²) < 4.78 is 16.2. The van der Waals surface area contributed by atoms with E-state index in [2.05, 4.69) is 12.2 Å². The van der Waals surface area contributed by atoms with E-state index in [-0.39, 0.29) is 16.5 Å². The Morgan fingerprint density at radius 1 is 0.971 bits per heavy atom. The third-order valence-corrected chi connectivity index (χ3v) is 6.41. The lowest BCUT2D eigenvalue weighted by atomic mass is 10.1. The summed E-state index contributed by atoms with van der Waals surface area (Å²) in [7, 11) is 0. The topological polar surface area (TPSA) is 54.3 Å². The zero-order valence-corrected chi connectivity index (χ0v) is 19.8. The molecule has 0 spiro atoms. The summed E-state index contributed by atoms with van der Waals surface area (Å²) in [5.41, 5.74) is 3.80. The van der Waals surface area contributed by atoms with Crippen molar-refractivity contribution in [3.8, 4) is 0 Å². The Labute approximate surface area is 207 Å². The first-order valence-corrected chi connectivity index (χ1v) is 11.7. The lowest BCUT2D eigenvalue weighted by Crippen LogP contribution is -2.54. The van der Waals surface area contributed by atoms with E-state index in [9.17, 15) is 14.0 Å². The van der Waals surface area contributed by atoms with Crippen molar-refractivity contribution in [3.63, 3.8) is 0 Å². The standard InChI is InChI=1S/C28H22FN3O2S/c1-2-18-11-13-21(14-12-18)32-27(34)23(26(33)30-28(32)35)15-20-17-31(25-10-6-4-8-22(20)25)16-19-7-3-5-9-24(19)29/h3-15,17H,2,16H2,1H3,(H,30,33,35). The Morgan fingerprint density at radius 3 is 2.43 bits per heavy atom. The number of benzene rings is 3. The summed E-state index contributed by atoms with van der Waals surface area (Å²) in [5, 5.41) is 3.53. The Balaban J connectivity index is 1.56. The molecule has 0 bridgehead atoms. The maximum Gasteiger partial charge on any atom is 0.270 e. The Kier molecular flexibility index (Phi) is 6.01. The van der Waals surface area contributed by atoms with E-state index in [1.165, 1.54) is 11.0 Å². The first kappa shape index (κ1) is 22.7. The molecule has 1 N–H and O–H groups in total. The number of nitrogens with one attached hydrogen (secondary N) is 1. The number of aryl methyl sites for hydroxylation is 1. The molecule has 0 saturated carbocycles. The minimum atomic E-state index is -0.549. The first-order valence-electron chi connectivity index (χ1n) is 11.3. The van der Waals surface area contributed by atoms with Gasteiger partial charge in [0.2, 0.25) is 0 Å². The molecule has 0 unspecified atom stereocenters. The molecule has 2 heterocycles. The van der Waals surface area contributed by atoms with Crippen LogP contribution in [-0.2, 0) is 22.6 Å². The molecule has 1 saturated heterocycles. The van der Waals surface area contributed by atoms with Crippen LogP contribution in [0.3, 0.4) is 0 Å². The molecule has 5 nitrogen and oxygen atoms in total. The second-order valence-electron chi connectivity index (χ2n) is 8.30. The Morgan fingerprint density at radius 2 is 1.69 bits per heavy atom. The number of carbonyl (C=O) groups is 2. The predicted molar refractivity (Wildman–Crippen MR) is 139 cm³/mol. The Bertz CT molecular complexity index is 1500. The molecule has 4 aromatic rings. The molecule has 1 aliphatic rings. The second kappa shape index (κ2) is 9.27. The van der Waals surface area contributed by atoms with Crippen molar-refractivity contribution in [2.75, 3.05) is 4.90 Å². The number of carbonyl (C=O) groups excluding carboxylic acids is 2. The number of thiocarbonyl (C=S) groups is 1. The van der Waals surface area contributed by atoms with Crippen molar-refractivity contribution in [1.82, 2.24) is 9.88 Å². The van der Waals surface area contributed by atoms with E-state index in [1.807, 2.05) is 59.3 Å². The number of amides is 2. The fourth-order valence-electron chi connectivity index (χ4n) is 4.26. The zero-order valence-electron chi connectivity index (χ0n) is 19.0. The number of fused-ring (bicyclic) bond motifs is 1. The highest BCUT2D eigenvalue weighted by molar-refractivity contribution is 7.80. The molecule has 0 atom stereocenters. The van der Waals surface area contributed by atoms with Crippen LogP contribution < -0.4 is 10.2 Å². The number of para-hydroxylation sites is 1. The van der Waals surface area contributed by atoms with Gasteiger partial charge in [0, 0.05) is 28.2 Å². The predicted octanol–water partition coefficient (Wildman–Crippen LogP) is 5.22.